The molecule has 0 aromatic heterocycles. The van der Waals surface area contributed by atoms with E-state index in [1.165, 1.54) is 5.56 Å². The molecule has 2 aromatic carbocycles. The van der Waals surface area contributed by atoms with Crippen LogP contribution in [0.5, 0.6) is 11.5 Å². The van der Waals surface area contributed by atoms with Crippen molar-refractivity contribution in [3.05, 3.63) is 71.8 Å². The van der Waals surface area contributed by atoms with Crippen LogP contribution in [-0.4, -0.2) is 42.9 Å². The third kappa shape index (κ3) is 3.35. The number of ether oxygens (including phenoxy) is 2. The molecule has 27 heavy (non-hydrogen) atoms. The second kappa shape index (κ2) is 7.37. The first-order valence-electron chi connectivity index (χ1n) is 9.55. The van der Waals surface area contributed by atoms with E-state index in [2.05, 4.69) is 42.3 Å². The molecule has 142 valence electrons. The van der Waals surface area contributed by atoms with Gasteiger partial charge in [0.05, 0.1) is 13.2 Å². The van der Waals surface area contributed by atoms with Gasteiger partial charge in [-0.2, -0.15) is 0 Å². The van der Waals surface area contributed by atoms with Gasteiger partial charge in [0, 0.05) is 11.5 Å². The fourth-order valence-electron chi connectivity index (χ4n) is 4.50. The Balaban J connectivity index is 1.62. The summed E-state index contributed by atoms with van der Waals surface area (Å²) >= 11 is 0. The van der Waals surface area contributed by atoms with Crippen LogP contribution in [0.1, 0.15) is 24.0 Å². The molecule has 1 fully saturated rings. The number of hydrogen-bond acceptors (Lipinski definition) is 4. The lowest BCUT2D eigenvalue weighted by atomic mass is 9.69. The molecule has 4 nitrogen and oxygen atoms in total. The molecule has 0 spiro atoms. The van der Waals surface area contributed by atoms with Gasteiger partial charge in [-0.1, -0.05) is 48.6 Å². The first-order valence-corrected chi connectivity index (χ1v) is 9.55. The zero-order valence-corrected chi connectivity index (χ0v) is 16.0. The molecule has 4 heteroatoms. The lowest BCUT2D eigenvalue weighted by molar-refractivity contribution is 0.137. The zero-order chi connectivity index (χ0) is 18.9. The Labute approximate surface area is 161 Å². The van der Waals surface area contributed by atoms with E-state index in [0.717, 1.165) is 36.4 Å². The Kier molecular flexibility index (Phi) is 4.94. The van der Waals surface area contributed by atoms with E-state index < -0.39 is 0 Å². The number of aliphatic hydroxyl groups excluding tert-OH is 1. The molecule has 2 aromatic rings. The number of benzene rings is 2. The monoisotopic (exact) mass is 365 g/mol. The van der Waals surface area contributed by atoms with E-state index in [-0.39, 0.29) is 11.5 Å². The number of likely N-dealkylation sites (tertiary alicyclic amines) is 1. The van der Waals surface area contributed by atoms with E-state index in [0.29, 0.717) is 12.6 Å². The smallest absolute Gasteiger partial charge is 0.161 e. The van der Waals surface area contributed by atoms with Crippen molar-refractivity contribution in [3.8, 4) is 11.5 Å². The van der Waals surface area contributed by atoms with Gasteiger partial charge in [-0.25, -0.2) is 0 Å². The molecule has 4 rings (SSSR count). The van der Waals surface area contributed by atoms with Crippen LogP contribution in [0, 0.1) is 0 Å². The highest BCUT2D eigenvalue weighted by molar-refractivity contribution is 5.49. The molecule has 2 aliphatic rings. The highest BCUT2D eigenvalue weighted by atomic mass is 16.5. The van der Waals surface area contributed by atoms with Crippen LogP contribution in [0.3, 0.4) is 0 Å². The first-order chi connectivity index (χ1) is 13.1. The average Bonchev–Trinajstić information content (AvgIpc) is 3.04. The minimum atomic E-state index is -0.362. The summed E-state index contributed by atoms with van der Waals surface area (Å²) in [7, 11) is 3.83. The Bertz CT molecular complexity index is 820. The third-order valence-corrected chi connectivity index (χ3v) is 6.02. The fourth-order valence-corrected chi connectivity index (χ4v) is 4.50. The quantitative estimate of drug-likeness (QED) is 0.823. The van der Waals surface area contributed by atoms with Gasteiger partial charge in [0.25, 0.3) is 0 Å². The van der Waals surface area contributed by atoms with E-state index >= 15 is 0 Å². The van der Waals surface area contributed by atoms with E-state index in [1.807, 2.05) is 30.3 Å². The number of fused-ring (bicyclic) bond motifs is 1. The molecular weight excluding hydrogens is 338 g/mol. The van der Waals surface area contributed by atoms with E-state index in [1.54, 1.807) is 7.11 Å². The van der Waals surface area contributed by atoms with Gasteiger partial charge in [-0.05, 0) is 49.7 Å². The van der Waals surface area contributed by atoms with Gasteiger partial charge in [0.1, 0.15) is 6.61 Å². The number of nitrogens with zero attached hydrogens (tertiary/aromatic N) is 1. The maximum absolute atomic E-state index is 10.1. The van der Waals surface area contributed by atoms with Crippen molar-refractivity contribution in [2.24, 2.45) is 0 Å². The summed E-state index contributed by atoms with van der Waals surface area (Å²) in [5.41, 5.74) is 2.28. The van der Waals surface area contributed by atoms with Crippen molar-refractivity contribution in [2.45, 2.75) is 37.0 Å². The third-order valence-electron chi connectivity index (χ3n) is 6.02. The summed E-state index contributed by atoms with van der Waals surface area (Å²) in [6.07, 6.45) is 5.60. The molecule has 0 unspecified atom stereocenters. The average molecular weight is 365 g/mol. The van der Waals surface area contributed by atoms with Crippen molar-refractivity contribution in [1.29, 1.82) is 0 Å². The standard InChI is InChI=1S/C23H27NO3/c1-24-13-12-23(11-10-19(25)15-22(23)24)18-8-9-20(21(14-18)26-2)27-16-17-6-4-3-5-7-17/h3-11,14,19,22,25H,12-13,15-16H2,1-2H3/t19-,22+,23+/m1/s1. The lowest BCUT2D eigenvalue weighted by Crippen LogP contribution is -2.44. The molecule has 0 amide bonds. The van der Waals surface area contributed by atoms with Gasteiger partial charge in [-0.15, -0.1) is 0 Å². The van der Waals surface area contributed by atoms with Gasteiger partial charge in [0.15, 0.2) is 11.5 Å². The predicted molar refractivity (Wildman–Crippen MR) is 106 cm³/mol. The van der Waals surface area contributed by atoms with Gasteiger partial charge >= 0.3 is 0 Å². The summed E-state index contributed by atoms with van der Waals surface area (Å²) in [4.78, 5) is 2.36. The maximum Gasteiger partial charge on any atom is 0.161 e. The highest BCUT2D eigenvalue weighted by Gasteiger charge is 2.48. The van der Waals surface area contributed by atoms with Crippen LogP contribution in [0.25, 0.3) is 0 Å². The molecule has 0 bridgehead atoms. The molecule has 1 heterocycles. The Morgan fingerprint density at radius 2 is 1.96 bits per heavy atom. The minimum absolute atomic E-state index is 0.0702. The number of methoxy groups -OCH3 is 1. The fraction of sp³-hybridized carbons (Fsp3) is 0.391. The van der Waals surface area contributed by atoms with Gasteiger partial charge < -0.3 is 19.5 Å². The maximum atomic E-state index is 10.1. The molecule has 0 radical (unpaired) electrons. The number of aliphatic hydroxyl groups is 1. The summed E-state index contributed by atoms with van der Waals surface area (Å²) in [5.74, 6) is 1.51. The first kappa shape index (κ1) is 18.1. The summed E-state index contributed by atoms with van der Waals surface area (Å²) in [6.45, 7) is 1.54. The molecule has 1 N–H and O–H groups in total. The van der Waals surface area contributed by atoms with E-state index in [9.17, 15) is 5.11 Å². The van der Waals surface area contributed by atoms with Crippen molar-refractivity contribution in [3.63, 3.8) is 0 Å². The molecule has 1 aliphatic carbocycles. The highest BCUT2D eigenvalue weighted by Crippen LogP contribution is 2.47. The van der Waals surface area contributed by atoms with Crippen LogP contribution in [-0.2, 0) is 12.0 Å². The Hall–Kier alpha value is -2.30. The second-order valence-corrected chi connectivity index (χ2v) is 7.59. The molecule has 1 saturated heterocycles. The summed E-state index contributed by atoms with van der Waals surface area (Å²) in [5, 5.41) is 10.1. The van der Waals surface area contributed by atoms with E-state index in [4.69, 9.17) is 9.47 Å². The van der Waals surface area contributed by atoms with Gasteiger partial charge in [-0.3, -0.25) is 0 Å². The number of likely N-dealkylation sites (N-methyl/N-ethyl adjacent to an activating group) is 1. The van der Waals surface area contributed by atoms with Crippen molar-refractivity contribution < 1.29 is 14.6 Å². The van der Waals surface area contributed by atoms with Crippen molar-refractivity contribution in [2.75, 3.05) is 20.7 Å². The van der Waals surface area contributed by atoms with Crippen LogP contribution >= 0.6 is 0 Å². The minimum Gasteiger partial charge on any atom is -0.493 e. The topological polar surface area (TPSA) is 41.9 Å². The van der Waals surface area contributed by atoms with Crippen LogP contribution in [0.15, 0.2) is 60.7 Å². The zero-order valence-electron chi connectivity index (χ0n) is 16.0. The molecule has 3 atom stereocenters. The Morgan fingerprint density at radius 1 is 1.15 bits per heavy atom. The lowest BCUT2D eigenvalue weighted by Gasteiger charge is -2.39. The van der Waals surface area contributed by atoms with Crippen molar-refractivity contribution in [1.82, 2.24) is 4.90 Å². The Morgan fingerprint density at radius 3 is 2.74 bits per heavy atom. The number of rotatable bonds is 5. The SMILES string of the molecule is COc1cc([C@@]23C=C[C@@H](O)C[C@@H]2N(C)CC3)ccc1OCc1ccccc1. The van der Waals surface area contributed by atoms with Crippen LogP contribution < -0.4 is 9.47 Å². The van der Waals surface area contributed by atoms with Crippen LogP contribution in [0.4, 0.5) is 0 Å². The normalized spacial score (nSPS) is 27.4. The van der Waals surface area contributed by atoms with Crippen LogP contribution in [0.2, 0.25) is 0 Å². The molecular formula is C23H27NO3. The largest absolute Gasteiger partial charge is 0.493 e. The summed E-state index contributed by atoms with van der Waals surface area (Å²) < 4.78 is 11.7. The molecule has 1 aliphatic heterocycles. The predicted octanol–water partition coefficient (Wildman–Crippen LogP) is 3.54. The summed E-state index contributed by atoms with van der Waals surface area (Å²) in [6, 6.07) is 16.7. The van der Waals surface area contributed by atoms with Gasteiger partial charge in [0.2, 0.25) is 0 Å². The second-order valence-electron chi connectivity index (χ2n) is 7.59. The van der Waals surface area contributed by atoms with Crippen molar-refractivity contribution >= 4 is 0 Å². The molecule has 0 saturated carbocycles. The number of hydrogen-bond donors (Lipinski definition) is 1.